The molecule has 108 valence electrons. The molecule has 1 unspecified atom stereocenters. The zero-order valence-electron chi connectivity index (χ0n) is 11.7. The summed E-state index contributed by atoms with van der Waals surface area (Å²) in [4.78, 5) is 0. The molecule has 0 saturated heterocycles. The molecule has 0 saturated carbocycles. The van der Waals surface area contributed by atoms with E-state index in [0.29, 0.717) is 12.4 Å². The molecule has 19 heavy (non-hydrogen) atoms. The van der Waals surface area contributed by atoms with Gasteiger partial charge in [-0.2, -0.15) is 4.31 Å². The van der Waals surface area contributed by atoms with Crippen LogP contribution in [0.15, 0.2) is 30.3 Å². The van der Waals surface area contributed by atoms with Crippen molar-refractivity contribution in [3.05, 3.63) is 35.9 Å². The number of hydrogen-bond acceptors (Lipinski definition) is 2. The first-order valence-electron chi connectivity index (χ1n) is 6.49. The molecule has 1 aromatic rings. The fourth-order valence-corrected chi connectivity index (χ4v) is 4.40. The number of halogens is 1. The Morgan fingerprint density at radius 3 is 2.21 bits per heavy atom. The SMILES string of the molecule is CC(CS(=O)(=O)N(CCCl)C(C)C)c1ccccc1. The van der Waals surface area contributed by atoms with Crippen LogP contribution in [0.1, 0.15) is 32.3 Å². The maximum atomic E-state index is 12.4. The summed E-state index contributed by atoms with van der Waals surface area (Å²) in [7, 11) is -3.28. The molecule has 1 rings (SSSR count). The quantitative estimate of drug-likeness (QED) is 0.726. The van der Waals surface area contributed by atoms with E-state index in [1.165, 1.54) is 4.31 Å². The molecule has 0 N–H and O–H groups in total. The molecule has 0 heterocycles. The van der Waals surface area contributed by atoms with Crippen molar-refractivity contribution in [2.75, 3.05) is 18.2 Å². The summed E-state index contributed by atoms with van der Waals surface area (Å²) in [6.45, 7) is 6.05. The zero-order chi connectivity index (χ0) is 14.5. The van der Waals surface area contributed by atoms with Crippen LogP contribution >= 0.6 is 11.6 Å². The van der Waals surface area contributed by atoms with E-state index in [1.54, 1.807) is 0 Å². The van der Waals surface area contributed by atoms with Gasteiger partial charge in [-0.3, -0.25) is 0 Å². The van der Waals surface area contributed by atoms with Gasteiger partial charge in [-0.25, -0.2) is 8.42 Å². The van der Waals surface area contributed by atoms with Gasteiger partial charge in [-0.15, -0.1) is 11.6 Å². The number of nitrogens with zero attached hydrogens (tertiary/aromatic N) is 1. The lowest BCUT2D eigenvalue weighted by Crippen LogP contribution is -2.40. The summed E-state index contributed by atoms with van der Waals surface area (Å²) < 4.78 is 26.3. The van der Waals surface area contributed by atoms with Gasteiger partial charge in [0.1, 0.15) is 0 Å². The molecule has 0 aliphatic carbocycles. The fourth-order valence-electron chi connectivity index (χ4n) is 2.09. The van der Waals surface area contributed by atoms with E-state index in [-0.39, 0.29) is 17.7 Å². The van der Waals surface area contributed by atoms with Crippen LogP contribution in [0.3, 0.4) is 0 Å². The molecule has 0 amide bonds. The van der Waals surface area contributed by atoms with Gasteiger partial charge in [0.25, 0.3) is 0 Å². The second kappa shape index (κ2) is 7.27. The first-order valence-corrected chi connectivity index (χ1v) is 8.63. The van der Waals surface area contributed by atoms with Gasteiger partial charge in [0, 0.05) is 18.5 Å². The van der Waals surface area contributed by atoms with Gasteiger partial charge < -0.3 is 0 Å². The Bertz CT molecular complexity index is 473. The smallest absolute Gasteiger partial charge is 0.212 e. The molecule has 3 nitrogen and oxygen atoms in total. The molecule has 0 spiro atoms. The van der Waals surface area contributed by atoms with Crippen molar-refractivity contribution in [2.24, 2.45) is 0 Å². The Morgan fingerprint density at radius 1 is 1.16 bits per heavy atom. The Kier molecular flexibility index (Phi) is 6.30. The Morgan fingerprint density at radius 2 is 1.74 bits per heavy atom. The van der Waals surface area contributed by atoms with Gasteiger partial charge in [0.15, 0.2) is 0 Å². The Hall–Kier alpha value is -0.580. The summed E-state index contributed by atoms with van der Waals surface area (Å²) in [6, 6.07) is 9.64. The number of hydrogen-bond donors (Lipinski definition) is 0. The summed E-state index contributed by atoms with van der Waals surface area (Å²) >= 11 is 5.69. The van der Waals surface area contributed by atoms with Crippen molar-refractivity contribution in [1.29, 1.82) is 0 Å². The van der Waals surface area contributed by atoms with Crippen molar-refractivity contribution in [3.8, 4) is 0 Å². The minimum absolute atomic E-state index is 0.0252. The monoisotopic (exact) mass is 303 g/mol. The summed E-state index contributed by atoms with van der Waals surface area (Å²) in [6.07, 6.45) is 0. The average Bonchev–Trinajstić information content (AvgIpc) is 2.35. The van der Waals surface area contributed by atoms with Gasteiger partial charge >= 0.3 is 0 Å². The molecule has 0 fully saturated rings. The summed E-state index contributed by atoms with van der Waals surface area (Å²) in [5, 5.41) is 0. The average molecular weight is 304 g/mol. The maximum Gasteiger partial charge on any atom is 0.214 e. The highest BCUT2D eigenvalue weighted by atomic mass is 35.5. The van der Waals surface area contributed by atoms with Crippen molar-refractivity contribution in [3.63, 3.8) is 0 Å². The third kappa shape index (κ3) is 4.79. The molecule has 0 bridgehead atoms. The van der Waals surface area contributed by atoms with Crippen molar-refractivity contribution < 1.29 is 8.42 Å². The molecule has 5 heteroatoms. The lowest BCUT2D eigenvalue weighted by atomic mass is 10.0. The fraction of sp³-hybridized carbons (Fsp3) is 0.571. The third-order valence-corrected chi connectivity index (χ3v) is 5.48. The van der Waals surface area contributed by atoms with Gasteiger partial charge in [0.05, 0.1) is 5.75 Å². The molecule has 1 aromatic carbocycles. The largest absolute Gasteiger partial charge is 0.214 e. The lowest BCUT2D eigenvalue weighted by molar-refractivity contribution is 0.369. The number of alkyl halides is 1. The van der Waals surface area contributed by atoms with Gasteiger partial charge in [-0.1, -0.05) is 37.3 Å². The van der Waals surface area contributed by atoms with Crippen LogP contribution in [0.25, 0.3) is 0 Å². The third-order valence-electron chi connectivity index (χ3n) is 3.07. The van der Waals surface area contributed by atoms with Crippen LogP contribution in [0, 0.1) is 0 Å². The highest BCUT2D eigenvalue weighted by molar-refractivity contribution is 7.89. The molecule has 0 aliphatic heterocycles. The van der Waals surface area contributed by atoms with Crippen LogP contribution in [-0.4, -0.2) is 36.9 Å². The van der Waals surface area contributed by atoms with E-state index in [4.69, 9.17) is 11.6 Å². The van der Waals surface area contributed by atoms with Gasteiger partial charge in [-0.05, 0) is 25.3 Å². The topological polar surface area (TPSA) is 37.4 Å². The summed E-state index contributed by atoms with van der Waals surface area (Å²) in [5.74, 6) is 0.409. The van der Waals surface area contributed by atoms with Crippen LogP contribution in [0.4, 0.5) is 0 Å². The predicted molar refractivity (Wildman–Crippen MR) is 81.2 cm³/mol. The highest BCUT2D eigenvalue weighted by Gasteiger charge is 2.26. The van der Waals surface area contributed by atoms with E-state index in [0.717, 1.165) is 5.56 Å². The molecule has 0 radical (unpaired) electrons. The Labute approximate surface area is 121 Å². The van der Waals surface area contributed by atoms with Gasteiger partial charge in [0.2, 0.25) is 10.0 Å². The normalized spacial score (nSPS) is 14.0. The number of sulfonamides is 1. The van der Waals surface area contributed by atoms with E-state index in [1.807, 2.05) is 51.1 Å². The molecule has 0 aliphatic rings. The van der Waals surface area contributed by atoms with E-state index >= 15 is 0 Å². The lowest BCUT2D eigenvalue weighted by Gasteiger charge is -2.26. The number of benzene rings is 1. The molecule has 1 atom stereocenters. The van der Waals surface area contributed by atoms with E-state index < -0.39 is 10.0 Å². The standard InChI is InChI=1S/C14H22ClNO2S/c1-12(2)16(10-9-15)19(17,18)11-13(3)14-7-5-4-6-8-14/h4-8,12-13H,9-11H2,1-3H3. The predicted octanol–water partition coefficient (Wildman–Crippen LogP) is 3.07. The second-order valence-electron chi connectivity index (χ2n) is 4.98. The van der Waals surface area contributed by atoms with Crippen LogP contribution < -0.4 is 0 Å². The van der Waals surface area contributed by atoms with E-state index in [2.05, 4.69) is 0 Å². The summed E-state index contributed by atoms with van der Waals surface area (Å²) in [5.41, 5.74) is 1.04. The zero-order valence-corrected chi connectivity index (χ0v) is 13.3. The molecular formula is C14H22ClNO2S. The number of rotatable bonds is 7. The second-order valence-corrected chi connectivity index (χ2v) is 7.33. The first kappa shape index (κ1) is 16.5. The van der Waals surface area contributed by atoms with Crippen molar-refractivity contribution in [1.82, 2.24) is 4.31 Å². The Balaban J connectivity index is 2.84. The first-order chi connectivity index (χ1) is 8.88. The molecular weight excluding hydrogens is 282 g/mol. The van der Waals surface area contributed by atoms with Crippen LogP contribution in [0.5, 0.6) is 0 Å². The minimum Gasteiger partial charge on any atom is -0.212 e. The van der Waals surface area contributed by atoms with E-state index in [9.17, 15) is 8.42 Å². The van der Waals surface area contributed by atoms with Crippen LogP contribution in [-0.2, 0) is 10.0 Å². The minimum atomic E-state index is -3.28. The maximum absolute atomic E-state index is 12.4. The van der Waals surface area contributed by atoms with Crippen molar-refractivity contribution in [2.45, 2.75) is 32.7 Å². The van der Waals surface area contributed by atoms with Crippen molar-refractivity contribution >= 4 is 21.6 Å². The van der Waals surface area contributed by atoms with Crippen LogP contribution in [0.2, 0.25) is 0 Å². The highest BCUT2D eigenvalue weighted by Crippen LogP contribution is 2.20. The molecule has 0 aromatic heterocycles.